The smallest absolute Gasteiger partial charge is 0.0332 e. The van der Waals surface area contributed by atoms with E-state index in [1.54, 1.807) is 0 Å². The fourth-order valence-corrected chi connectivity index (χ4v) is 3.60. The van der Waals surface area contributed by atoms with Gasteiger partial charge in [0.05, 0.1) is 0 Å². The molecule has 2 heteroatoms. The van der Waals surface area contributed by atoms with Crippen molar-refractivity contribution in [3.63, 3.8) is 0 Å². The third-order valence-corrected chi connectivity index (χ3v) is 5.54. The summed E-state index contributed by atoms with van der Waals surface area (Å²) >= 11 is 0. The lowest BCUT2D eigenvalue weighted by atomic mass is 9.82. The van der Waals surface area contributed by atoms with E-state index in [-0.39, 0.29) is 11.6 Å². The SMILES string of the molecule is CCC(C)(C(N)Cc1cc(C)ccc1C)N1CCCCC1. The minimum Gasteiger partial charge on any atom is -0.326 e. The molecular formula is C19H32N2. The molecule has 2 atom stereocenters. The van der Waals surface area contributed by atoms with Gasteiger partial charge in [0.2, 0.25) is 0 Å². The normalized spacial score (nSPS) is 21.0. The van der Waals surface area contributed by atoms with Crippen LogP contribution in [-0.2, 0) is 6.42 Å². The molecule has 0 amide bonds. The molecule has 0 aliphatic carbocycles. The van der Waals surface area contributed by atoms with Gasteiger partial charge in [-0.1, -0.05) is 37.1 Å². The van der Waals surface area contributed by atoms with Crippen LogP contribution in [0.25, 0.3) is 0 Å². The molecule has 0 aromatic heterocycles. The second kappa shape index (κ2) is 6.93. The minimum atomic E-state index is 0.122. The van der Waals surface area contributed by atoms with Crippen molar-refractivity contribution in [2.24, 2.45) is 5.73 Å². The Kier molecular flexibility index (Phi) is 5.45. The van der Waals surface area contributed by atoms with Crippen molar-refractivity contribution in [2.45, 2.75) is 71.4 Å². The molecule has 1 aromatic carbocycles. The van der Waals surface area contributed by atoms with E-state index in [1.807, 2.05) is 0 Å². The lowest BCUT2D eigenvalue weighted by Gasteiger charge is -2.47. The second-order valence-electron chi connectivity index (χ2n) is 7.00. The fraction of sp³-hybridized carbons (Fsp3) is 0.684. The number of hydrogen-bond acceptors (Lipinski definition) is 2. The number of nitrogens with zero attached hydrogens (tertiary/aromatic N) is 1. The zero-order valence-electron chi connectivity index (χ0n) is 14.3. The molecule has 118 valence electrons. The van der Waals surface area contributed by atoms with E-state index < -0.39 is 0 Å². The molecule has 1 aliphatic heterocycles. The zero-order valence-corrected chi connectivity index (χ0v) is 14.3. The van der Waals surface area contributed by atoms with Gasteiger partial charge in [-0.25, -0.2) is 0 Å². The molecular weight excluding hydrogens is 256 g/mol. The highest BCUT2D eigenvalue weighted by atomic mass is 15.2. The monoisotopic (exact) mass is 288 g/mol. The summed E-state index contributed by atoms with van der Waals surface area (Å²) in [4.78, 5) is 2.65. The van der Waals surface area contributed by atoms with E-state index in [9.17, 15) is 0 Å². The first-order valence-electron chi connectivity index (χ1n) is 8.54. The zero-order chi connectivity index (χ0) is 15.5. The number of aryl methyl sites for hydroxylation is 2. The van der Waals surface area contributed by atoms with Crippen molar-refractivity contribution in [3.8, 4) is 0 Å². The Balaban J connectivity index is 2.15. The fourth-order valence-electron chi connectivity index (χ4n) is 3.60. The molecule has 2 unspecified atom stereocenters. The second-order valence-corrected chi connectivity index (χ2v) is 7.00. The van der Waals surface area contributed by atoms with Crippen LogP contribution in [0.2, 0.25) is 0 Å². The highest BCUT2D eigenvalue weighted by molar-refractivity contribution is 5.31. The number of likely N-dealkylation sites (tertiary alicyclic amines) is 1. The molecule has 0 radical (unpaired) electrons. The van der Waals surface area contributed by atoms with E-state index in [0.29, 0.717) is 0 Å². The molecule has 0 bridgehead atoms. The van der Waals surface area contributed by atoms with Crippen molar-refractivity contribution in [1.82, 2.24) is 4.90 Å². The Morgan fingerprint density at radius 1 is 1.19 bits per heavy atom. The predicted octanol–water partition coefficient (Wildman–Crippen LogP) is 3.83. The van der Waals surface area contributed by atoms with Crippen molar-refractivity contribution >= 4 is 0 Å². The number of nitrogens with two attached hydrogens (primary N) is 1. The third-order valence-electron chi connectivity index (χ3n) is 5.54. The standard InChI is InChI=1S/C19H32N2/c1-5-19(4,21-11-7-6-8-12-21)18(20)14-17-13-15(2)9-10-16(17)3/h9-10,13,18H,5-8,11-12,14,20H2,1-4H3. The maximum atomic E-state index is 6.70. The van der Waals surface area contributed by atoms with Gasteiger partial charge in [0, 0.05) is 11.6 Å². The molecule has 21 heavy (non-hydrogen) atoms. The number of rotatable bonds is 5. The molecule has 0 saturated carbocycles. The van der Waals surface area contributed by atoms with Crippen molar-refractivity contribution in [2.75, 3.05) is 13.1 Å². The topological polar surface area (TPSA) is 29.3 Å². The predicted molar refractivity (Wildman–Crippen MR) is 91.7 cm³/mol. The molecule has 1 heterocycles. The first kappa shape index (κ1) is 16.5. The molecule has 2 rings (SSSR count). The van der Waals surface area contributed by atoms with Crippen LogP contribution < -0.4 is 5.73 Å². The summed E-state index contributed by atoms with van der Waals surface area (Å²) in [5.41, 5.74) is 10.9. The summed E-state index contributed by atoms with van der Waals surface area (Å²) < 4.78 is 0. The highest BCUT2D eigenvalue weighted by Crippen LogP contribution is 2.28. The van der Waals surface area contributed by atoms with E-state index in [0.717, 1.165) is 12.8 Å². The average molecular weight is 288 g/mol. The van der Waals surface area contributed by atoms with Gasteiger partial charge in [-0.15, -0.1) is 0 Å². The van der Waals surface area contributed by atoms with Crippen LogP contribution in [0, 0.1) is 13.8 Å². The molecule has 1 aromatic rings. The van der Waals surface area contributed by atoms with Gasteiger partial charge in [-0.05, 0) is 70.7 Å². The quantitative estimate of drug-likeness (QED) is 0.892. The summed E-state index contributed by atoms with van der Waals surface area (Å²) in [5.74, 6) is 0. The average Bonchev–Trinajstić information content (AvgIpc) is 2.51. The molecule has 0 spiro atoms. The maximum absolute atomic E-state index is 6.70. The summed E-state index contributed by atoms with van der Waals surface area (Å²) in [6.07, 6.45) is 6.13. The summed E-state index contributed by atoms with van der Waals surface area (Å²) in [6, 6.07) is 6.91. The maximum Gasteiger partial charge on any atom is 0.0332 e. The molecule has 1 fully saturated rings. The van der Waals surface area contributed by atoms with Crippen LogP contribution in [0.3, 0.4) is 0 Å². The summed E-state index contributed by atoms with van der Waals surface area (Å²) in [5, 5.41) is 0. The van der Waals surface area contributed by atoms with Gasteiger partial charge in [0.15, 0.2) is 0 Å². The number of benzene rings is 1. The van der Waals surface area contributed by atoms with Gasteiger partial charge in [-0.3, -0.25) is 4.90 Å². The number of piperidine rings is 1. The van der Waals surface area contributed by atoms with Crippen LogP contribution in [-0.4, -0.2) is 29.6 Å². The van der Waals surface area contributed by atoms with E-state index in [2.05, 4.69) is 50.8 Å². The van der Waals surface area contributed by atoms with Gasteiger partial charge in [0.1, 0.15) is 0 Å². The number of hydrogen-bond donors (Lipinski definition) is 1. The van der Waals surface area contributed by atoms with Gasteiger partial charge in [0.25, 0.3) is 0 Å². The summed E-state index contributed by atoms with van der Waals surface area (Å²) in [7, 11) is 0. The third kappa shape index (κ3) is 3.67. The van der Waals surface area contributed by atoms with E-state index in [4.69, 9.17) is 5.73 Å². The highest BCUT2D eigenvalue weighted by Gasteiger charge is 2.36. The minimum absolute atomic E-state index is 0.122. The Labute approximate surface area is 130 Å². The van der Waals surface area contributed by atoms with Crippen LogP contribution in [0.15, 0.2) is 18.2 Å². The first-order chi connectivity index (χ1) is 9.97. The van der Waals surface area contributed by atoms with Crippen LogP contribution in [0.1, 0.15) is 56.2 Å². The van der Waals surface area contributed by atoms with Crippen LogP contribution >= 0.6 is 0 Å². The van der Waals surface area contributed by atoms with Crippen molar-refractivity contribution in [1.29, 1.82) is 0 Å². The molecule has 1 saturated heterocycles. The van der Waals surface area contributed by atoms with E-state index >= 15 is 0 Å². The van der Waals surface area contributed by atoms with Crippen molar-refractivity contribution < 1.29 is 0 Å². The van der Waals surface area contributed by atoms with Crippen LogP contribution in [0.5, 0.6) is 0 Å². The van der Waals surface area contributed by atoms with Gasteiger partial charge in [-0.2, -0.15) is 0 Å². The summed E-state index contributed by atoms with van der Waals surface area (Å²) in [6.45, 7) is 11.4. The van der Waals surface area contributed by atoms with E-state index in [1.165, 1.54) is 49.0 Å². The Morgan fingerprint density at radius 3 is 2.48 bits per heavy atom. The van der Waals surface area contributed by atoms with Gasteiger partial charge < -0.3 is 5.73 Å². The molecule has 2 nitrogen and oxygen atoms in total. The Morgan fingerprint density at radius 2 is 1.86 bits per heavy atom. The first-order valence-corrected chi connectivity index (χ1v) is 8.54. The van der Waals surface area contributed by atoms with Gasteiger partial charge >= 0.3 is 0 Å². The Bertz CT molecular complexity index is 463. The lowest BCUT2D eigenvalue weighted by Crippen LogP contribution is -2.59. The molecule has 2 N–H and O–H groups in total. The largest absolute Gasteiger partial charge is 0.326 e. The lowest BCUT2D eigenvalue weighted by molar-refractivity contribution is 0.0546. The van der Waals surface area contributed by atoms with Crippen LogP contribution in [0.4, 0.5) is 0 Å². The Hall–Kier alpha value is -0.860. The molecule has 1 aliphatic rings. The van der Waals surface area contributed by atoms with Crippen molar-refractivity contribution in [3.05, 3.63) is 34.9 Å².